The molecule has 1 N–H and O–H groups in total. The lowest BCUT2D eigenvalue weighted by Crippen LogP contribution is -2.24. The molecular formula is C19H21ClN6O. The number of amides is 1. The van der Waals surface area contributed by atoms with Gasteiger partial charge in [-0.2, -0.15) is 5.10 Å². The van der Waals surface area contributed by atoms with Crippen molar-refractivity contribution in [3.05, 3.63) is 47.5 Å². The van der Waals surface area contributed by atoms with E-state index in [9.17, 15) is 4.79 Å². The number of rotatable bonds is 4. The van der Waals surface area contributed by atoms with Crippen LogP contribution in [0.1, 0.15) is 38.1 Å². The molecule has 1 amide bonds. The van der Waals surface area contributed by atoms with E-state index in [2.05, 4.69) is 25.2 Å². The lowest BCUT2D eigenvalue weighted by Gasteiger charge is -2.14. The van der Waals surface area contributed by atoms with E-state index in [1.807, 2.05) is 6.07 Å². The second-order valence-corrected chi connectivity index (χ2v) is 7.16. The molecule has 0 saturated carbocycles. The van der Waals surface area contributed by atoms with Crippen molar-refractivity contribution in [1.82, 2.24) is 24.5 Å². The molecule has 8 heteroatoms. The van der Waals surface area contributed by atoms with E-state index < -0.39 is 6.04 Å². The summed E-state index contributed by atoms with van der Waals surface area (Å²) in [4.78, 5) is 12.5. The molecule has 27 heavy (non-hydrogen) atoms. The zero-order valence-electron chi connectivity index (χ0n) is 15.1. The highest BCUT2D eigenvalue weighted by atomic mass is 35.5. The van der Waals surface area contributed by atoms with Gasteiger partial charge in [-0.25, -0.2) is 0 Å². The van der Waals surface area contributed by atoms with Crippen molar-refractivity contribution in [3.8, 4) is 11.4 Å². The minimum Gasteiger partial charge on any atom is -0.324 e. The number of carbonyl (C=O) groups is 1. The van der Waals surface area contributed by atoms with Gasteiger partial charge in [-0.3, -0.25) is 9.48 Å². The molecule has 0 fully saturated rings. The average molecular weight is 385 g/mol. The van der Waals surface area contributed by atoms with Crippen molar-refractivity contribution in [2.24, 2.45) is 0 Å². The van der Waals surface area contributed by atoms with Crippen LogP contribution in [0.5, 0.6) is 0 Å². The quantitative estimate of drug-likeness (QED) is 0.743. The zero-order chi connectivity index (χ0) is 18.8. The monoisotopic (exact) mass is 384 g/mol. The number of aromatic nitrogens is 5. The van der Waals surface area contributed by atoms with Crippen LogP contribution in [0.4, 0.5) is 5.69 Å². The molecule has 0 spiro atoms. The SMILES string of the molecule is CC(C(=O)Nc1ccc(Cl)c(-c2nnc3n2CCCCC3)c1)n1cccn1. The third kappa shape index (κ3) is 3.60. The number of benzene rings is 1. The molecule has 1 aliphatic rings. The average Bonchev–Trinajstić information content (AvgIpc) is 3.28. The standard InChI is InChI=1S/C19H21ClN6O/c1-13(26-11-5-9-21-26)19(27)22-14-7-8-16(20)15(12-14)18-24-23-17-6-3-2-4-10-25(17)18/h5,7-9,11-13H,2-4,6,10H2,1H3,(H,22,27). The van der Waals surface area contributed by atoms with E-state index in [1.54, 1.807) is 42.2 Å². The van der Waals surface area contributed by atoms with Crippen molar-refractivity contribution in [1.29, 1.82) is 0 Å². The van der Waals surface area contributed by atoms with Crippen LogP contribution in [0.2, 0.25) is 5.02 Å². The third-order valence-corrected chi connectivity index (χ3v) is 5.22. The fourth-order valence-electron chi connectivity index (χ4n) is 3.34. The number of anilines is 1. The Kier molecular flexibility index (Phi) is 4.94. The number of hydrogen-bond acceptors (Lipinski definition) is 4. The maximum atomic E-state index is 12.5. The fourth-order valence-corrected chi connectivity index (χ4v) is 3.54. The van der Waals surface area contributed by atoms with Crippen molar-refractivity contribution >= 4 is 23.2 Å². The van der Waals surface area contributed by atoms with Crippen LogP contribution in [-0.4, -0.2) is 30.5 Å². The van der Waals surface area contributed by atoms with Gasteiger partial charge in [0.05, 0.1) is 5.02 Å². The van der Waals surface area contributed by atoms with Crippen LogP contribution < -0.4 is 5.32 Å². The Labute approximate surface area is 162 Å². The van der Waals surface area contributed by atoms with Crippen LogP contribution >= 0.6 is 11.6 Å². The molecule has 3 aromatic rings. The predicted octanol–water partition coefficient (Wildman–Crippen LogP) is 3.72. The number of nitrogens with zero attached hydrogens (tertiary/aromatic N) is 5. The van der Waals surface area contributed by atoms with E-state index in [1.165, 1.54) is 6.42 Å². The Bertz CT molecular complexity index is 949. The minimum atomic E-state index is -0.413. The molecular weight excluding hydrogens is 364 g/mol. The van der Waals surface area contributed by atoms with Gasteiger partial charge in [0.15, 0.2) is 5.82 Å². The number of hydrogen-bond donors (Lipinski definition) is 1. The molecule has 0 saturated heterocycles. The summed E-state index contributed by atoms with van der Waals surface area (Å²) in [5.74, 6) is 1.61. The van der Waals surface area contributed by atoms with Crippen LogP contribution in [0.15, 0.2) is 36.7 Å². The second-order valence-electron chi connectivity index (χ2n) is 6.75. The highest BCUT2D eigenvalue weighted by Crippen LogP contribution is 2.31. The molecule has 4 rings (SSSR count). The van der Waals surface area contributed by atoms with E-state index in [4.69, 9.17) is 11.6 Å². The Morgan fingerprint density at radius 2 is 2.15 bits per heavy atom. The van der Waals surface area contributed by atoms with E-state index in [0.717, 1.165) is 43.0 Å². The highest BCUT2D eigenvalue weighted by Gasteiger charge is 2.20. The van der Waals surface area contributed by atoms with Gasteiger partial charge < -0.3 is 9.88 Å². The highest BCUT2D eigenvalue weighted by molar-refractivity contribution is 6.33. The van der Waals surface area contributed by atoms with Crippen LogP contribution in [0.25, 0.3) is 11.4 Å². The zero-order valence-corrected chi connectivity index (χ0v) is 15.9. The topological polar surface area (TPSA) is 77.6 Å². The number of nitrogens with one attached hydrogen (secondary N) is 1. The molecule has 1 atom stereocenters. The summed E-state index contributed by atoms with van der Waals surface area (Å²) in [7, 11) is 0. The van der Waals surface area contributed by atoms with E-state index in [0.29, 0.717) is 10.7 Å². The van der Waals surface area contributed by atoms with E-state index >= 15 is 0 Å². The lowest BCUT2D eigenvalue weighted by atomic mass is 10.1. The Morgan fingerprint density at radius 3 is 2.96 bits per heavy atom. The molecule has 1 unspecified atom stereocenters. The molecule has 1 aromatic carbocycles. The van der Waals surface area contributed by atoms with Crippen molar-refractivity contribution in [3.63, 3.8) is 0 Å². The summed E-state index contributed by atoms with van der Waals surface area (Å²) in [5.41, 5.74) is 1.45. The first kappa shape index (κ1) is 17.7. The minimum absolute atomic E-state index is 0.146. The maximum Gasteiger partial charge on any atom is 0.248 e. The number of fused-ring (bicyclic) bond motifs is 1. The van der Waals surface area contributed by atoms with Crippen molar-refractivity contribution in [2.45, 2.75) is 45.2 Å². The van der Waals surface area contributed by atoms with Gasteiger partial charge in [0, 0.05) is 36.6 Å². The van der Waals surface area contributed by atoms with Crippen LogP contribution in [-0.2, 0) is 17.8 Å². The van der Waals surface area contributed by atoms with Gasteiger partial charge >= 0.3 is 0 Å². The molecule has 0 radical (unpaired) electrons. The largest absolute Gasteiger partial charge is 0.324 e. The molecule has 0 aliphatic carbocycles. The van der Waals surface area contributed by atoms with Gasteiger partial charge in [-0.15, -0.1) is 10.2 Å². The smallest absolute Gasteiger partial charge is 0.248 e. The molecule has 140 valence electrons. The second kappa shape index (κ2) is 7.52. The summed E-state index contributed by atoms with van der Waals surface area (Å²) in [6.45, 7) is 2.69. The van der Waals surface area contributed by atoms with E-state index in [-0.39, 0.29) is 5.91 Å². The molecule has 7 nitrogen and oxygen atoms in total. The number of aryl methyl sites for hydroxylation is 1. The molecule has 3 heterocycles. The Morgan fingerprint density at radius 1 is 1.26 bits per heavy atom. The van der Waals surface area contributed by atoms with Crippen molar-refractivity contribution in [2.75, 3.05) is 5.32 Å². The predicted molar refractivity (Wildman–Crippen MR) is 104 cm³/mol. The molecule has 1 aliphatic heterocycles. The Hall–Kier alpha value is -2.67. The molecule has 0 bridgehead atoms. The lowest BCUT2D eigenvalue weighted by molar-refractivity contribution is -0.119. The van der Waals surface area contributed by atoms with Gasteiger partial charge in [0.25, 0.3) is 0 Å². The van der Waals surface area contributed by atoms with Crippen LogP contribution in [0.3, 0.4) is 0 Å². The summed E-state index contributed by atoms with van der Waals surface area (Å²) in [5, 5.41) is 16.4. The van der Waals surface area contributed by atoms with Crippen molar-refractivity contribution < 1.29 is 4.79 Å². The van der Waals surface area contributed by atoms with Gasteiger partial charge in [-0.1, -0.05) is 18.0 Å². The molecule has 2 aromatic heterocycles. The van der Waals surface area contributed by atoms with Gasteiger partial charge in [0.2, 0.25) is 5.91 Å². The first-order valence-electron chi connectivity index (χ1n) is 9.15. The number of carbonyl (C=O) groups excluding carboxylic acids is 1. The number of halogens is 1. The Balaban J connectivity index is 1.61. The first-order valence-corrected chi connectivity index (χ1v) is 9.53. The summed E-state index contributed by atoms with van der Waals surface area (Å²) in [6.07, 6.45) is 7.78. The summed E-state index contributed by atoms with van der Waals surface area (Å²) in [6, 6.07) is 6.81. The normalized spacial score (nSPS) is 15.0. The first-order chi connectivity index (χ1) is 13.1. The van der Waals surface area contributed by atoms with Gasteiger partial charge in [0.1, 0.15) is 11.9 Å². The fraction of sp³-hybridized carbons (Fsp3) is 0.368. The van der Waals surface area contributed by atoms with Gasteiger partial charge in [-0.05, 0) is 44.0 Å². The third-order valence-electron chi connectivity index (χ3n) is 4.89. The van der Waals surface area contributed by atoms with Crippen LogP contribution in [0, 0.1) is 0 Å². The summed E-state index contributed by atoms with van der Waals surface area (Å²) >= 11 is 6.44. The summed E-state index contributed by atoms with van der Waals surface area (Å²) < 4.78 is 3.76. The maximum absolute atomic E-state index is 12.5.